The Labute approximate surface area is 47.4 Å². The highest BCUT2D eigenvalue weighted by Crippen LogP contribution is 1.84. The van der Waals surface area contributed by atoms with Crippen LogP contribution in [0.4, 0.5) is 4.39 Å². The number of carbonyl (C=O) groups is 1. The molecule has 0 aliphatic heterocycles. The number of rotatable bonds is 2. The lowest BCUT2D eigenvalue weighted by Crippen LogP contribution is -2.20. The van der Waals surface area contributed by atoms with Gasteiger partial charge in [0.15, 0.2) is 0 Å². The van der Waals surface area contributed by atoms with Gasteiger partial charge in [-0.25, -0.2) is 4.39 Å². The smallest absolute Gasteiger partial charge is 0.217 e. The highest BCUT2D eigenvalue weighted by molar-refractivity contribution is 5.72. The normalized spacial score (nSPS) is 8.25. The van der Waals surface area contributed by atoms with Gasteiger partial charge >= 0.3 is 0 Å². The van der Waals surface area contributed by atoms with Crippen molar-refractivity contribution in [2.75, 3.05) is 6.54 Å². The Morgan fingerprint density at radius 2 is 2.38 bits per heavy atom. The SMILES string of the molecule is C=C(F)CNC(C)=O. The summed E-state index contributed by atoms with van der Waals surface area (Å²) in [5.41, 5.74) is 0. The molecular formula is C5H8FNO. The Morgan fingerprint density at radius 3 is 2.50 bits per heavy atom. The standard InChI is InChI=1S/C5H8FNO/c1-4(6)3-7-5(2)8/h1,3H2,2H3,(H,7,8). The lowest BCUT2D eigenvalue weighted by Gasteiger charge is -1.94. The fourth-order valence-corrected chi connectivity index (χ4v) is 0.220. The molecular weight excluding hydrogens is 109 g/mol. The molecule has 0 saturated heterocycles. The first-order valence-corrected chi connectivity index (χ1v) is 2.20. The molecule has 3 heteroatoms. The Hall–Kier alpha value is -0.860. The van der Waals surface area contributed by atoms with E-state index < -0.39 is 5.83 Å². The van der Waals surface area contributed by atoms with Crippen LogP contribution in [-0.2, 0) is 4.79 Å². The van der Waals surface area contributed by atoms with Crippen LogP contribution in [0.5, 0.6) is 0 Å². The zero-order valence-electron chi connectivity index (χ0n) is 4.70. The molecule has 1 N–H and O–H groups in total. The number of hydrogen-bond donors (Lipinski definition) is 1. The van der Waals surface area contributed by atoms with Crippen molar-refractivity contribution in [3.8, 4) is 0 Å². The van der Waals surface area contributed by atoms with Crippen molar-refractivity contribution in [3.05, 3.63) is 12.4 Å². The molecule has 0 heterocycles. The molecule has 2 nitrogen and oxygen atoms in total. The molecule has 46 valence electrons. The largest absolute Gasteiger partial charge is 0.350 e. The van der Waals surface area contributed by atoms with Gasteiger partial charge < -0.3 is 5.32 Å². The molecule has 1 amide bonds. The molecule has 0 fully saturated rings. The van der Waals surface area contributed by atoms with E-state index in [4.69, 9.17) is 0 Å². The van der Waals surface area contributed by atoms with Crippen LogP contribution >= 0.6 is 0 Å². The molecule has 0 aliphatic rings. The second-order valence-electron chi connectivity index (χ2n) is 1.43. The first kappa shape index (κ1) is 7.14. The lowest BCUT2D eigenvalue weighted by molar-refractivity contribution is -0.118. The third-order valence-electron chi connectivity index (χ3n) is 0.529. The van der Waals surface area contributed by atoms with Crippen molar-refractivity contribution in [1.82, 2.24) is 5.32 Å². The third kappa shape index (κ3) is 5.14. The summed E-state index contributed by atoms with van der Waals surface area (Å²) >= 11 is 0. The summed E-state index contributed by atoms with van der Waals surface area (Å²) in [4.78, 5) is 10.0. The maximum atomic E-state index is 11.7. The quantitative estimate of drug-likeness (QED) is 0.564. The molecule has 8 heavy (non-hydrogen) atoms. The van der Waals surface area contributed by atoms with Gasteiger partial charge in [0, 0.05) is 6.92 Å². The minimum Gasteiger partial charge on any atom is -0.350 e. The van der Waals surface area contributed by atoms with Gasteiger partial charge in [-0.1, -0.05) is 6.58 Å². The van der Waals surface area contributed by atoms with E-state index in [1.807, 2.05) is 0 Å². The van der Waals surface area contributed by atoms with Crippen LogP contribution in [0.2, 0.25) is 0 Å². The molecule has 0 spiro atoms. The van der Waals surface area contributed by atoms with E-state index in [0.29, 0.717) is 0 Å². The van der Waals surface area contributed by atoms with E-state index in [2.05, 4.69) is 11.9 Å². The van der Waals surface area contributed by atoms with E-state index in [1.54, 1.807) is 0 Å². The first-order chi connectivity index (χ1) is 3.63. The van der Waals surface area contributed by atoms with Gasteiger partial charge in [-0.3, -0.25) is 4.79 Å². The Kier molecular flexibility index (Phi) is 2.84. The number of nitrogens with one attached hydrogen (secondary N) is 1. The van der Waals surface area contributed by atoms with Crippen LogP contribution in [-0.4, -0.2) is 12.5 Å². The summed E-state index contributed by atoms with van der Waals surface area (Å²) in [5.74, 6) is -0.774. The average molecular weight is 117 g/mol. The first-order valence-electron chi connectivity index (χ1n) is 2.20. The van der Waals surface area contributed by atoms with Crippen LogP contribution in [0.15, 0.2) is 12.4 Å². The molecule has 0 aromatic rings. The zero-order valence-corrected chi connectivity index (χ0v) is 4.70. The molecule has 0 aliphatic carbocycles. The average Bonchev–Trinajstić information content (AvgIpc) is 1.61. The van der Waals surface area contributed by atoms with E-state index in [0.717, 1.165) is 0 Å². The van der Waals surface area contributed by atoms with Crippen LogP contribution in [0, 0.1) is 0 Å². The highest BCUT2D eigenvalue weighted by atomic mass is 19.1. The number of hydrogen-bond acceptors (Lipinski definition) is 1. The predicted octanol–water partition coefficient (Wildman–Crippen LogP) is 0.606. The maximum absolute atomic E-state index is 11.7. The fraction of sp³-hybridized carbons (Fsp3) is 0.400. The van der Waals surface area contributed by atoms with Crippen LogP contribution < -0.4 is 5.32 Å². The summed E-state index contributed by atoms with van der Waals surface area (Å²) in [7, 11) is 0. The Balaban J connectivity index is 3.18. The van der Waals surface area contributed by atoms with Crippen molar-refractivity contribution >= 4 is 5.91 Å². The summed E-state index contributed by atoms with van der Waals surface area (Å²) in [5, 5.41) is 2.23. The van der Waals surface area contributed by atoms with E-state index in [9.17, 15) is 9.18 Å². The van der Waals surface area contributed by atoms with Gasteiger partial charge in [-0.15, -0.1) is 0 Å². The van der Waals surface area contributed by atoms with Gasteiger partial charge in [-0.05, 0) is 0 Å². The number of carbonyl (C=O) groups excluding carboxylic acids is 1. The molecule has 0 bridgehead atoms. The highest BCUT2D eigenvalue weighted by Gasteiger charge is 1.90. The van der Waals surface area contributed by atoms with Gasteiger partial charge in [0.05, 0.1) is 6.54 Å². The van der Waals surface area contributed by atoms with Gasteiger partial charge in [0.1, 0.15) is 5.83 Å². The van der Waals surface area contributed by atoms with Crippen molar-refractivity contribution in [2.45, 2.75) is 6.92 Å². The van der Waals surface area contributed by atoms with Crippen molar-refractivity contribution in [3.63, 3.8) is 0 Å². The Bertz CT molecular complexity index is 97.0. The minimum atomic E-state index is -0.528. The monoisotopic (exact) mass is 117 g/mol. The van der Waals surface area contributed by atoms with Crippen LogP contribution in [0.1, 0.15) is 6.92 Å². The van der Waals surface area contributed by atoms with E-state index in [-0.39, 0.29) is 12.5 Å². The Morgan fingerprint density at radius 1 is 1.88 bits per heavy atom. The number of halogens is 1. The third-order valence-corrected chi connectivity index (χ3v) is 0.529. The number of amides is 1. The van der Waals surface area contributed by atoms with Gasteiger partial charge in [0.2, 0.25) is 5.91 Å². The zero-order chi connectivity index (χ0) is 6.57. The van der Waals surface area contributed by atoms with Crippen molar-refractivity contribution in [2.24, 2.45) is 0 Å². The summed E-state index contributed by atoms with van der Waals surface area (Å²) < 4.78 is 11.7. The summed E-state index contributed by atoms with van der Waals surface area (Å²) in [6, 6.07) is 0. The second kappa shape index (κ2) is 3.18. The molecule has 0 saturated carbocycles. The van der Waals surface area contributed by atoms with Gasteiger partial charge in [-0.2, -0.15) is 0 Å². The van der Waals surface area contributed by atoms with Crippen molar-refractivity contribution < 1.29 is 9.18 Å². The van der Waals surface area contributed by atoms with Gasteiger partial charge in [0.25, 0.3) is 0 Å². The van der Waals surface area contributed by atoms with E-state index >= 15 is 0 Å². The van der Waals surface area contributed by atoms with Crippen molar-refractivity contribution in [1.29, 1.82) is 0 Å². The summed E-state index contributed by atoms with van der Waals surface area (Å²) in [6.07, 6.45) is 0. The molecule has 0 radical (unpaired) electrons. The molecule has 0 aromatic heterocycles. The van der Waals surface area contributed by atoms with Crippen LogP contribution in [0.25, 0.3) is 0 Å². The molecule has 0 unspecified atom stereocenters. The predicted molar refractivity (Wildman–Crippen MR) is 28.9 cm³/mol. The molecule has 0 aromatic carbocycles. The van der Waals surface area contributed by atoms with E-state index in [1.165, 1.54) is 6.92 Å². The topological polar surface area (TPSA) is 29.1 Å². The second-order valence-corrected chi connectivity index (χ2v) is 1.43. The lowest BCUT2D eigenvalue weighted by atomic mass is 10.5. The fourth-order valence-electron chi connectivity index (χ4n) is 0.220. The summed E-state index contributed by atoms with van der Waals surface area (Å²) in [6.45, 7) is 4.19. The van der Waals surface area contributed by atoms with Crippen LogP contribution in [0.3, 0.4) is 0 Å². The molecule has 0 rings (SSSR count). The molecule has 0 atom stereocenters. The minimum absolute atomic E-state index is 0.0741. The maximum Gasteiger partial charge on any atom is 0.217 e.